The number of carbonyl (C=O) groups is 1. The van der Waals surface area contributed by atoms with Crippen molar-refractivity contribution < 1.29 is 4.79 Å². The normalized spacial score (nSPS) is 22.1. The van der Waals surface area contributed by atoms with Crippen molar-refractivity contribution in [1.29, 1.82) is 0 Å². The first-order chi connectivity index (χ1) is 13.2. The summed E-state index contributed by atoms with van der Waals surface area (Å²) in [5.74, 6) is 0.180. The van der Waals surface area contributed by atoms with Gasteiger partial charge in [-0.25, -0.2) is 0 Å². The summed E-state index contributed by atoms with van der Waals surface area (Å²) in [6.07, 6.45) is 2.58. The van der Waals surface area contributed by atoms with Gasteiger partial charge in [-0.2, -0.15) is 0 Å². The minimum absolute atomic E-state index is 0.180. The molecule has 3 heterocycles. The van der Waals surface area contributed by atoms with E-state index in [1.54, 1.807) is 18.3 Å². The molecular weight excluding hydrogens is 354 g/mol. The Balaban J connectivity index is 1.30. The van der Waals surface area contributed by atoms with Gasteiger partial charge in [0.15, 0.2) is 5.78 Å². The van der Waals surface area contributed by atoms with E-state index in [-0.39, 0.29) is 5.78 Å². The van der Waals surface area contributed by atoms with Crippen LogP contribution >= 0.6 is 11.3 Å². The zero-order chi connectivity index (χ0) is 18.6. The molecule has 0 saturated carbocycles. The Morgan fingerprint density at radius 1 is 1.11 bits per heavy atom. The lowest BCUT2D eigenvalue weighted by molar-refractivity contribution is 0.0888. The van der Waals surface area contributed by atoms with E-state index in [4.69, 9.17) is 0 Å². The highest BCUT2D eigenvalue weighted by molar-refractivity contribution is 7.12. The zero-order valence-corrected chi connectivity index (χ0v) is 17.0. The Labute approximate surface area is 166 Å². The number of para-hydroxylation sites is 1. The summed E-state index contributed by atoms with van der Waals surface area (Å²) in [5.41, 5.74) is 2.64. The molecule has 0 aliphatic carbocycles. The highest BCUT2D eigenvalue weighted by Crippen LogP contribution is 2.23. The highest BCUT2D eigenvalue weighted by atomic mass is 32.1. The van der Waals surface area contributed by atoms with Crippen molar-refractivity contribution in [2.45, 2.75) is 32.4 Å². The first kappa shape index (κ1) is 18.7. The molecule has 27 heavy (non-hydrogen) atoms. The fraction of sp³-hybridized carbons (Fsp3) is 0.500. The largest absolute Gasteiger partial charge is 0.369 e. The number of anilines is 1. The average Bonchev–Trinajstić information content (AvgIpc) is 3.18. The fourth-order valence-electron chi connectivity index (χ4n) is 4.36. The van der Waals surface area contributed by atoms with Crippen LogP contribution in [0.5, 0.6) is 0 Å². The van der Waals surface area contributed by atoms with Crippen LogP contribution in [0.1, 0.15) is 35.0 Å². The number of carbonyl (C=O) groups excluding carboxylic acids is 1. The van der Waals surface area contributed by atoms with Crippen LogP contribution in [0.15, 0.2) is 41.8 Å². The van der Waals surface area contributed by atoms with E-state index in [0.29, 0.717) is 6.04 Å². The van der Waals surface area contributed by atoms with Gasteiger partial charge in [-0.1, -0.05) is 18.2 Å². The van der Waals surface area contributed by atoms with Gasteiger partial charge >= 0.3 is 0 Å². The second kappa shape index (κ2) is 8.55. The summed E-state index contributed by atoms with van der Waals surface area (Å²) in [6, 6.07) is 13.5. The number of ketones is 1. The topological polar surface area (TPSA) is 26.8 Å². The number of hydrogen-bond donors (Lipinski definition) is 0. The van der Waals surface area contributed by atoms with Crippen molar-refractivity contribution in [3.8, 4) is 0 Å². The lowest BCUT2D eigenvalue weighted by atomic mass is 10.0. The van der Waals surface area contributed by atoms with Crippen LogP contribution in [0.25, 0.3) is 0 Å². The van der Waals surface area contributed by atoms with Crippen LogP contribution in [-0.2, 0) is 6.54 Å². The first-order valence-corrected chi connectivity index (χ1v) is 10.9. The molecule has 4 nitrogen and oxygen atoms in total. The molecule has 0 spiro atoms. The lowest BCUT2D eigenvalue weighted by Crippen LogP contribution is -2.55. The lowest BCUT2D eigenvalue weighted by Gasteiger charge is -2.44. The number of Topliss-reactive ketones (excluding diaryl/α,β-unsaturated/α-hetero) is 1. The van der Waals surface area contributed by atoms with Gasteiger partial charge in [-0.15, -0.1) is 11.3 Å². The van der Waals surface area contributed by atoms with Crippen LogP contribution in [0.3, 0.4) is 0 Å². The molecule has 0 radical (unpaired) electrons. The minimum Gasteiger partial charge on any atom is -0.369 e. The van der Waals surface area contributed by atoms with Crippen molar-refractivity contribution >= 4 is 22.8 Å². The van der Waals surface area contributed by atoms with E-state index in [1.807, 2.05) is 0 Å². The van der Waals surface area contributed by atoms with Crippen molar-refractivity contribution in [3.05, 3.63) is 52.2 Å². The third-order valence-electron chi connectivity index (χ3n) is 5.84. The van der Waals surface area contributed by atoms with Crippen LogP contribution in [0, 0.1) is 0 Å². The van der Waals surface area contributed by atoms with Gasteiger partial charge in [0, 0.05) is 51.0 Å². The molecule has 1 atom stereocenters. The van der Waals surface area contributed by atoms with E-state index in [0.717, 1.165) is 44.1 Å². The fourth-order valence-corrected chi connectivity index (χ4v) is 5.16. The molecule has 2 aliphatic rings. The zero-order valence-electron chi connectivity index (χ0n) is 16.1. The number of piperidine rings is 1. The molecule has 1 aromatic carbocycles. The van der Waals surface area contributed by atoms with E-state index >= 15 is 0 Å². The molecule has 0 unspecified atom stereocenters. The predicted molar refractivity (Wildman–Crippen MR) is 113 cm³/mol. The average molecular weight is 384 g/mol. The number of rotatable bonds is 5. The summed E-state index contributed by atoms with van der Waals surface area (Å²) in [4.78, 5) is 20.2. The quantitative estimate of drug-likeness (QED) is 0.735. The Morgan fingerprint density at radius 3 is 2.59 bits per heavy atom. The molecular formula is C22H29N3OS. The summed E-state index contributed by atoms with van der Waals surface area (Å²) < 4.78 is 0. The molecule has 2 saturated heterocycles. The number of nitrogens with zero attached hydrogens (tertiary/aromatic N) is 3. The van der Waals surface area contributed by atoms with Crippen LogP contribution < -0.4 is 4.90 Å². The summed E-state index contributed by atoms with van der Waals surface area (Å²) in [6.45, 7) is 9.49. The van der Waals surface area contributed by atoms with Gasteiger partial charge in [0.25, 0.3) is 0 Å². The van der Waals surface area contributed by atoms with Gasteiger partial charge in [0.05, 0.1) is 4.88 Å². The monoisotopic (exact) mass is 383 g/mol. The maximum Gasteiger partial charge on any atom is 0.169 e. The maximum atomic E-state index is 11.5. The summed E-state index contributed by atoms with van der Waals surface area (Å²) >= 11 is 1.58. The minimum atomic E-state index is 0.180. The SMILES string of the molecule is CC(=O)c1cc(CN2CCC[C@@H](N3CCN(c4ccccc4)CC3)C2)cs1. The molecule has 2 aromatic rings. The molecule has 0 bridgehead atoms. The highest BCUT2D eigenvalue weighted by Gasteiger charge is 2.28. The number of likely N-dealkylation sites (tertiary alicyclic amines) is 1. The molecule has 0 amide bonds. The standard InChI is InChI=1S/C22H29N3OS/c1-18(26)22-14-19(17-27-22)15-23-9-5-8-21(16-23)25-12-10-24(11-13-25)20-6-3-2-4-7-20/h2-4,6-7,14,17,21H,5,8-13,15-16H2,1H3/t21-/m1/s1. The molecule has 0 N–H and O–H groups in total. The van der Waals surface area contributed by atoms with E-state index in [2.05, 4.69) is 56.5 Å². The van der Waals surface area contributed by atoms with Crippen molar-refractivity contribution in [2.24, 2.45) is 0 Å². The third kappa shape index (κ3) is 4.60. The van der Waals surface area contributed by atoms with Crippen molar-refractivity contribution in [2.75, 3.05) is 44.2 Å². The van der Waals surface area contributed by atoms with Gasteiger partial charge in [-0.3, -0.25) is 14.6 Å². The van der Waals surface area contributed by atoms with Crippen molar-refractivity contribution in [3.63, 3.8) is 0 Å². The predicted octanol–water partition coefficient (Wildman–Crippen LogP) is 3.74. The molecule has 144 valence electrons. The Morgan fingerprint density at radius 2 is 1.89 bits per heavy atom. The van der Waals surface area contributed by atoms with E-state index < -0.39 is 0 Å². The van der Waals surface area contributed by atoms with Crippen LogP contribution in [-0.4, -0.2) is 60.9 Å². The number of benzene rings is 1. The van der Waals surface area contributed by atoms with E-state index in [1.165, 1.54) is 30.6 Å². The van der Waals surface area contributed by atoms with Gasteiger partial charge < -0.3 is 4.90 Å². The van der Waals surface area contributed by atoms with E-state index in [9.17, 15) is 4.79 Å². The summed E-state index contributed by atoms with van der Waals surface area (Å²) in [5, 5.41) is 2.15. The first-order valence-electron chi connectivity index (χ1n) is 10.0. The Kier molecular flexibility index (Phi) is 5.91. The smallest absolute Gasteiger partial charge is 0.169 e. The Hall–Kier alpha value is -1.69. The third-order valence-corrected chi connectivity index (χ3v) is 6.92. The van der Waals surface area contributed by atoms with Crippen LogP contribution in [0.4, 0.5) is 5.69 Å². The number of hydrogen-bond acceptors (Lipinski definition) is 5. The molecule has 2 fully saturated rings. The number of thiophene rings is 1. The summed E-state index contributed by atoms with van der Waals surface area (Å²) in [7, 11) is 0. The van der Waals surface area contributed by atoms with Gasteiger partial charge in [-0.05, 0) is 55.5 Å². The molecule has 2 aliphatic heterocycles. The van der Waals surface area contributed by atoms with Gasteiger partial charge in [0.2, 0.25) is 0 Å². The van der Waals surface area contributed by atoms with Gasteiger partial charge in [0.1, 0.15) is 0 Å². The Bertz CT molecular complexity index is 752. The molecule has 4 rings (SSSR count). The maximum absolute atomic E-state index is 11.5. The van der Waals surface area contributed by atoms with Crippen molar-refractivity contribution in [1.82, 2.24) is 9.80 Å². The second-order valence-electron chi connectivity index (χ2n) is 7.77. The second-order valence-corrected chi connectivity index (χ2v) is 8.68. The molecule has 5 heteroatoms. The number of piperazine rings is 1. The molecule has 1 aromatic heterocycles. The van der Waals surface area contributed by atoms with Crippen LogP contribution in [0.2, 0.25) is 0 Å².